The molecule has 1 aromatic heterocycles. The van der Waals surface area contributed by atoms with Gasteiger partial charge in [0.1, 0.15) is 11.6 Å². The highest BCUT2D eigenvalue weighted by molar-refractivity contribution is 7.98. The number of aromatic nitrogens is 3. The average Bonchev–Trinajstić information content (AvgIpc) is 2.98. The summed E-state index contributed by atoms with van der Waals surface area (Å²) in [5.74, 6) is 1.93. The third kappa shape index (κ3) is 4.37. The van der Waals surface area contributed by atoms with Crippen molar-refractivity contribution in [2.24, 2.45) is 7.05 Å². The van der Waals surface area contributed by atoms with Gasteiger partial charge in [-0.3, -0.25) is 0 Å². The Bertz CT molecular complexity index is 898. The normalized spacial score (nSPS) is 12.2. The Hall–Kier alpha value is -2.05. The molecule has 4 nitrogen and oxygen atoms in total. The van der Waals surface area contributed by atoms with Crippen LogP contribution in [0.25, 0.3) is 0 Å². The van der Waals surface area contributed by atoms with Crippen molar-refractivity contribution >= 4 is 23.4 Å². The van der Waals surface area contributed by atoms with Crippen LogP contribution >= 0.6 is 23.4 Å². The molecule has 0 bridgehead atoms. The summed E-state index contributed by atoms with van der Waals surface area (Å²) in [6, 6.07) is 12.0. The fourth-order valence-corrected chi connectivity index (χ4v) is 3.47. The lowest BCUT2D eigenvalue weighted by Crippen LogP contribution is -2.10. The highest BCUT2D eigenvalue weighted by Crippen LogP contribution is 2.27. The van der Waals surface area contributed by atoms with Gasteiger partial charge in [-0.2, -0.15) is 0 Å². The molecule has 7 heteroatoms. The summed E-state index contributed by atoms with van der Waals surface area (Å²) in [6.45, 7) is 3.87. The number of aryl methyl sites for hydroxylation is 1. The zero-order valence-corrected chi connectivity index (χ0v) is 16.3. The predicted molar refractivity (Wildman–Crippen MR) is 102 cm³/mol. The van der Waals surface area contributed by atoms with Crippen LogP contribution in [0.3, 0.4) is 0 Å². The summed E-state index contributed by atoms with van der Waals surface area (Å²) in [5.41, 5.74) is 1.99. The molecule has 1 unspecified atom stereocenters. The molecule has 0 aliphatic heterocycles. The van der Waals surface area contributed by atoms with E-state index in [0.717, 1.165) is 27.9 Å². The van der Waals surface area contributed by atoms with Crippen molar-refractivity contribution in [3.63, 3.8) is 0 Å². The summed E-state index contributed by atoms with van der Waals surface area (Å²) in [7, 11) is 1.91. The van der Waals surface area contributed by atoms with Gasteiger partial charge in [-0.25, -0.2) is 4.39 Å². The first kappa shape index (κ1) is 18.7. The third-order valence-electron chi connectivity index (χ3n) is 3.96. The van der Waals surface area contributed by atoms with E-state index in [0.29, 0.717) is 10.8 Å². The molecule has 0 fully saturated rings. The molecule has 0 amide bonds. The van der Waals surface area contributed by atoms with E-state index < -0.39 is 0 Å². The highest BCUT2D eigenvalue weighted by atomic mass is 35.5. The lowest BCUT2D eigenvalue weighted by atomic mass is 10.2. The molecule has 0 radical (unpaired) electrons. The number of benzene rings is 2. The van der Waals surface area contributed by atoms with Crippen LogP contribution in [0.5, 0.6) is 5.75 Å². The van der Waals surface area contributed by atoms with E-state index in [1.165, 1.54) is 12.1 Å². The Morgan fingerprint density at radius 2 is 1.92 bits per heavy atom. The minimum Gasteiger partial charge on any atom is -0.483 e. The first-order valence-corrected chi connectivity index (χ1v) is 9.49. The van der Waals surface area contributed by atoms with Crippen LogP contribution in [0.1, 0.15) is 30.0 Å². The highest BCUT2D eigenvalue weighted by Gasteiger charge is 2.17. The van der Waals surface area contributed by atoms with Gasteiger partial charge in [0.05, 0.1) is 0 Å². The van der Waals surface area contributed by atoms with Gasteiger partial charge in [0, 0.05) is 17.8 Å². The van der Waals surface area contributed by atoms with Gasteiger partial charge in [0.15, 0.2) is 17.1 Å². The van der Waals surface area contributed by atoms with E-state index in [4.69, 9.17) is 16.3 Å². The van der Waals surface area contributed by atoms with E-state index in [9.17, 15) is 4.39 Å². The number of nitrogens with zero attached hydrogens (tertiary/aromatic N) is 3. The molecular formula is C19H19ClFN3OS. The van der Waals surface area contributed by atoms with Gasteiger partial charge in [0.2, 0.25) is 0 Å². The van der Waals surface area contributed by atoms with Crippen LogP contribution in [0, 0.1) is 12.7 Å². The molecule has 0 saturated heterocycles. The maximum absolute atomic E-state index is 13.0. The van der Waals surface area contributed by atoms with Crippen LogP contribution in [0.4, 0.5) is 4.39 Å². The fourth-order valence-electron chi connectivity index (χ4n) is 2.48. The Balaban J connectivity index is 1.67. The van der Waals surface area contributed by atoms with Crippen molar-refractivity contribution in [1.29, 1.82) is 0 Å². The van der Waals surface area contributed by atoms with Gasteiger partial charge in [-0.1, -0.05) is 35.5 Å². The van der Waals surface area contributed by atoms with Gasteiger partial charge < -0.3 is 9.30 Å². The van der Waals surface area contributed by atoms with E-state index in [-0.39, 0.29) is 11.9 Å². The van der Waals surface area contributed by atoms with Crippen LogP contribution in [-0.4, -0.2) is 14.8 Å². The van der Waals surface area contributed by atoms with Crippen LogP contribution in [0.15, 0.2) is 47.6 Å². The number of hydrogen-bond donors (Lipinski definition) is 0. The number of halogens is 2. The minimum absolute atomic E-state index is 0.233. The fraction of sp³-hybridized carbons (Fsp3) is 0.263. The van der Waals surface area contributed by atoms with Crippen LogP contribution in [-0.2, 0) is 12.8 Å². The Morgan fingerprint density at radius 3 is 2.62 bits per heavy atom. The van der Waals surface area contributed by atoms with E-state index in [2.05, 4.69) is 10.2 Å². The van der Waals surface area contributed by atoms with Gasteiger partial charge in [0.25, 0.3) is 0 Å². The third-order valence-corrected chi connectivity index (χ3v) is 5.47. The monoisotopic (exact) mass is 391 g/mol. The largest absolute Gasteiger partial charge is 0.483 e. The average molecular weight is 392 g/mol. The molecule has 136 valence electrons. The molecule has 0 aliphatic carbocycles. The summed E-state index contributed by atoms with van der Waals surface area (Å²) in [5, 5.41) is 10.00. The molecule has 0 spiro atoms. The van der Waals surface area contributed by atoms with Crippen molar-refractivity contribution in [1.82, 2.24) is 14.8 Å². The zero-order valence-electron chi connectivity index (χ0n) is 14.7. The van der Waals surface area contributed by atoms with Crippen LogP contribution in [0.2, 0.25) is 5.02 Å². The number of thioether (sulfide) groups is 1. The summed E-state index contributed by atoms with van der Waals surface area (Å²) < 4.78 is 20.9. The standard InChI is InChI=1S/C19H19ClFN3OS/c1-12-10-16(8-9-17(12)20)25-13(2)18-22-23-19(24(18)3)26-11-14-4-6-15(21)7-5-14/h4-10,13H,11H2,1-3H3. The molecule has 0 saturated carbocycles. The van der Waals surface area contributed by atoms with Crippen molar-refractivity contribution in [2.75, 3.05) is 0 Å². The Labute approximate surface area is 161 Å². The van der Waals surface area contributed by atoms with Crippen molar-refractivity contribution in [3.8, 4) is 5.75 Å². The quantitative estimate of drug-likeness (QED) is 0.531. The first-order chi connectivity index (χ1) is 12.4. The molecule has 0 aliphatic rings. The topological polar surface area (TPSA) is 39.9 Å². The predicted octanol–water partition coefficient (Wildman–Crippen LogP) is 5.35. The second-order valence-electron chi connectivity index (χ2n) is 5.99. The summed E-state index contributed by atoms with van der Waals surface area (Å²) in [4.78, 5) is 0. The van der Waals surface area contributed by atoms with Crippen LogP contribution < -0.4 is 4.74 Å². The maximum Gasteiger partial charge on any atom is 0.191 e. The maximum atomic E-state index is 13.0. The second-order valence-corrected chi connectivity index (χ2v) is 7.34. The summed E-state index contributed by atoms with van der Waals surface area (Å²) in [6.07, 6.45) is -0.256. The van der Waals surface area contributed by atoms with Gasteiger partial charge >= 0.3 is 0 Å². The first-order valence-electron chi connectivity index (χ1n) is 8.13. The number of rotatable bonds is 6. The minimum atomic E-state index is -0.256. The van der Waals surface area contributed by atoms with Crippen molar-refractivity contribution < 1.29 is 9.13 Å². The molecule has 2 aromatic carbocycles. The lowest BCUT2D eigenvalue weighted by Gasteiger charge is -2.15. The molecule has 3 rings (SSSR count). The Kier molecular flexibility index (Phi) is 5.84. The van der Waals surface area contributed by atoms with Crippen molar-refractivity contribution in [3.05, 3.63) is 70.3 Å². The van der Waals surface area contributed by atoms with E-state index in [1.807, 2.05) is 43.7 Å². The molecule has 0 N–H and O–H groups in total. The smallest absolute Gasteiger partial charge is 0.191 e. The second kappa shape index (κ2) is 8.10. The SMILES string of the molecule is Cc1cc(OC(C)c2nnc(SCc3ccc(F)cc3)n2C)ccc1Cl. The molecule has 3 aromatic rings. The summed E-state index contributed by atoms with van der Waals surface area (Å²) >= 11 is 7.60. The molecule has 1 atom stereocenters. The molecule has 26 heavy (non-hydrogen) atoms. The number of ether oxygens (including phenoxy) is 1. The van der Waals surface area contributed by atoms with Gasteiger partial charge in [-0.15, -0.1) is 10.2 Å². The van der Waals surface area contributed by atoms with Gasteiger partial charge in [-0.05, 0) is 55.3 Å². The Morgan fingerprint density at radius 1 is 1.19 bits per heavy atom. The molecular weight excluding hydrogens is 373 g/mol. The lowest BCUT2D eigenvalue weighted by molar-refractivity contribution is 0.211. The number of hydrogen-bond acceptors (Lipinski definition) is 4. The molecule has 1 heterocycles. The van der Waals surface area contributed by atoms with E-state index in [1.54, 1.807) is 23.9 Å². The zero-order chi connectivity index (χ0) is 18.7. The van der Waals surface area contributed by atoms with Crippen molar-refractivity contribution in [2.45, 2.75) is 30.9 Å². The van der Waals surface area contributed by atoms with E-state index >= 15 is 0 Å².